The van der Waals surface area contributed by atoms with E-state index in [1.807, 2.05) is 35.2 Å². The second kappa shape index (κ2) is 7.12. The van der Waals surface area contributed by atoms with Crippen LogP contribution in [0.1, 0.15) is 33.6 Å². The van der Waals surface area contributed by atoms with Crippen LogP contribution in [0.25, 0.3) is 0 Å². The zero-order valence-corrected chi connectivity index (χ0v) is 14.7. The van der Waals surface area contributed by atoms with E-state index in [1.54, 1.807) is 18.2 Å². The van der Waals surface area contributed by atoms with E-state index in [-0.39, 0.29) is 11.8 Å². The maximum Gasteiger partial charge on any atom is 0.255 e. The fourth-order valence-corrected chi connectivity index (χ4v) is 3.24. The number of para-hydroxylation sites is 1. The van der Waals surface area contributed by atoms with E-state index in [9.17, 15) is 9.59 Å². The first kappa shape index (κ1) is 16.0. The number of likely N-dealkylation sites (tertiary alicyclic amines) is 1. The summed E-state index contributed by atoms with van der Waals surface area (Å²) >= 11 is 2.17. The van der Waals surface area contributed by atoms with Gasteiger partial charge in [0.05, 0.1) is 11.3 Å². The Labute approximate surface area is 149 Å². The number of rotatable bonds is 3. The van der Waals surface area contributed by atoms with Gasteiger partial charge in [-0.2, -0.15) is 0 Å². The standard InChI is InChI=1S/C18H17IN2O2/c19-14-7-5-6-13(12-14)17(22)20-16-9-2-1-8-15(16)18(23)21-10-3-4-11-21/h1-2,5-9,12H,3-4,10-11H2,(H,20,22). The van der Waals surface area contributed by atoms with E-state index in [0.717, 1.165) is 29.5 Å². The predicted molar refractivity (Wildman–Crippen MR) is 98.7 cm³/mol. The molecule has 0 atom stereocenters. The summed E-state index contributed by atoms with van der Waals surface area (Å²) in [6, 6.07) is 14.6. The summed E-state index contributed by atoms with van der Waals surface area (Å²) in [4.78, 5) is 26.9. The molecule has 0 saturated carbocycles. The molecule has 2 aromatic carbocycles. The number of anilines is 1. The third-order valence-electron chi connectivity index (χ3n) is 3.89. The molecule has 2 amide bonds. The molecule has 0 unspecified atom stereocenters. The first-order valence-corrected chi connectivity index (χ1v) is 8.68. The quantitative estimate of drug-likeness (QED) is 0.769. The van der Waals surface area contributed by atoms with Gasteiger partial charge in [0.25, 0.3) is 11.8 Å². The highest BCUT2D eigenvalue weighted by Crippen LogP contribution is 2.21. The smallest absolute Gasteiger partial charge is 0.255 e. The molecule has 0 aliphatic carbocycles. The Morgan fingerprint density at radius 3 is 2.48 bits per heavy atom. The van der Waals surface area contributed by atoms with Gasteiger partial charge >= 0.3 is 0 Å². The zero-order valence-electron chi connectivity index (χ0n) is 12.6. The first-order valence-electron chi connectivity index (χ1n) is 7.60. The number of carbonyl (C=O) groups is 2. The first-order chi connectivity index (χ1) is 11.1. The molecule has 0 spiro atoms. The van der Waals surface area contributed by atoms with Crippen molar-refractivity contribution in [2.75, 3.05) is 18.4 Å². The number of halogens is 1. The maximum atomic E-state index is 12.6. The van der Waals surface area contributed by atoms with Crippen LogP contribution in [-0.4, -0.2) is 29.8 Å². The van der Waals surface area contributed by atoms with Crippen molar-refractivity contribution >= 4 is 40.1 Å². The number of hydrogen-bond donors (Lipinski definition) is 1. The van der Waals surface area contributed by atoms with Crippen molar-refractivity contribution in [1.29, 1.82) is 0 Å². The molecule has 5 heteroatoms. The summed E-state index contributed by atoms with van der Waals surface area (Å²) in [7, 11) is 0. The van der Waals surface area contributed by atoms with Gasteiger partial charge < -0.3 is 10.2 Å². The van der Waals surface area contributed by atoms with Crippen LogP contribution in [0.5, 0.6) is 0 Å². The molecular weight excluding hydrogens is 403 g/mol. The molecular formula is C18H17IN2O2. The van der Waals surface area contributed by atoms with Crippen molar-refractivity contribution in [3.05, 3.63) is 63.2 Å². The van der Waals surface area contributed by atoms with E-state index in [0.29, 0.717) is 16.8 Å². The van der Waals surface area contributed by atoms with Crippen molar-refractivity contribution in [2.24, 2.45) is 0 Å². The van der Waals surface area contributed by atoms with Crippen LogP contribution >= 0.6 is 22.6 Å². The van der Waals surface area contributed by atoms with Gasteiger partial charge in [0, 0.05) is 22.2 Å². The Morgan fingerprint density at radius 1 is 1.00 bits per heavy atom. The maximum absolute atomic E-state index is 12.6. The average molecular weight is 420 g/mol. The van der Waals surface area contributed by atoms with Gasteiger partial charge in [-0.25, -0.2) is 0 Å². The molecule has 1 aliphatic rings. The molecule has 1 fully saturated rings. The second-order valence-electron chi connectivity index (χ2n) is 5.51. The average Bonchev–Trinajstić information content (AvgIpc) is 3.09. The summed E-state index contributed by atoms with van der Waals surface area (Å²) < 4.78 is 0.997. The minimum atomic E-state index is -0.204. The van der Waals surface area contributed by atoms with Crippen molar-refractivity contribution < 1.29 is 9.59 Å². The van der Waals surface area contributed by atoms with E-state index in [2.05, 4.69) is 27.9 Å². The van der Waals surface area contributed by atoms with Gasteiger partial charge in [-0.15, -0.1) is 0 Å². The summed E-state index contributed by atoms with van der Waals surface area (Å²) in [6.07, 6.45) is 2.09. The predicted octanol–water partition coefficient (Wildman–Crippen LogP) is 3.78. The van der Waals surface area contributed by atoms with Gasteiger partial charge in [-0.05, 0) is 65.8 Å². The lowest BCUT2D eigenvalue weighted by Crippen LogP contribution is -2.28. The Kier molecular flexibility index (Phi) is 4.95. The van der Waals surface area contributed by atoms with Crippen molar-refractivity contribution in [3.63, 3.8) is 0 Å². The Bertz CT molecular complexity index is 739. The minimum absolute atomic E-state index is 0.0129. The highest BCUT2D eigenvalue weighted by atomic mass is 127. The number of nitrogens with one attached hydrogen (secondary N) is 1. The SMILES string of the molecule is O=C(Nc1ccccc1C(=O)N1CCCC1)c1cccc(I)c1. The second-order valence-corrected chi connectivity index (χ2v) is 6.75. The molecule has 1 heterocycles. The van der Waals surface area contributed by atoms with Gasteiger partial charge in [0.2, 0.25) is 0 Å². The highest BCUT2D eigenvalue weighted by molar-refractivity contribution is 14.1. The normalized spacial score (nSPS) is 13.9. The Balaban J connectivity index is 1.83. The topological polar surface area (TPSA) is 49.4 Å². The number of hydrogen-bond acceptors (Lipinski definition) is 2. The summed E-state index contributed by atoms with van der Waals surface area (Å²) in [5, 5.41) is 2.87. The highest BCUT2D eigenvalue weighted by Gasteiger charge is 2.22. The van der Waals surface area contributed by atoms with E-state index < -0.39 is 0 Å². The number of amides is 2. The van der Waals surface area contributed by atoms with Gasteiger partial charge in [0.15, 0.2) is 0 Å². The molecule has 0 bridgehead atoms. The lowest BCUT2D eigenvalue weighted by molar-refractivity contribution is 0.0794. The van der Waals surface area contributed by atoms with Crippen LogP contribution in [0.3, 0.4) is 0 Å². The third-order valence-corrected chi connectivity index (χ3v) is 4.56. The van der Waals surface area contributed by atoms with Crippen LogP contribution in [0.4, 0.5) is 5.69 Å². The lowest BCUT2D eigenvalue weighted by Gasteiger charge is -2.18. The number of carbonyl (C=O) groups excluding carboxylic acids is 2. The fraction of sp³-hybridized carbons (Fsp3) is 0.222. The number of benzene rings is 2. The molecule has 23 heavy (non-hydrogen) atoms. The monoisotopic (exact) mass is 420 g/mol. The molecule has 118 valence electrons. The minimum Gasteiger partial charge on any atom is -0.339 e. The molecule has 0 aromatic heterocycles. The molecule has 0 radical (unpaired) electrons. The molecule has 1 aliphatic heterocycles. The van der Waals surface area contributed by atoms with Crippen LogP contribution in [0, 0.1) is 3.57 Å². The van der Waals surface area contributed by atoms with Crippen molar-refractivity contribution in [2.45, 2.75) is 12.8 Å². The van der Waals surface area contributed by atoms with Crippen LogP contribution < -0.4 is 5.32 Å². The Hall–Kier alpha value is -1.89. The summed E-state index contributed by atoms with van der Waals surface area (Å²) in [5.74, 6) is -0.216. The lowest BCUT2D eigenvalue weighted by atomic mass is 10.1. The molecule has 3 rings (SSSR count). The fourth-order valence-electron chi connectivity index (χ4n) is 2.69. The van der Waals surface area contributed by atoms with Gasteiger partial charge in [-0.1, -0.05) is 18.2 Å². The van der Waals surface area contributed by atoms with Gasteiger partial charge in [0.1, 0.15) is 0 Å². The summed E-state index contributed by atoms with van der Waals surface area (Å²) in [5.41, 5.74) is 1.70. The van der Waals surface area contributed by atoms with Crippen LogP contribution in [0.2, 0.25) is 0 Å². The Morgan fingerprint density at radius 2 is 1.74 bits per heavy atom. The number of nitrogens with zero attached hydrogens (tertiary/aromatic N) is 1. The van der Waals surface area contributed by atoms with Crippen molar-refractivity contribution in [3.8, 4) is 0 Å². The molecule has 1 saturated heterocycles. The van der Waals surface area contributed by atoms with Crippen LogP contribution in [-0.2, 0) is 0 Å². The van der Waals surface area contributed by atoms with Crippen LogP contribution in [0.15, 0.2) is 48.5 Å². The largest absolute Gasteiger partial charge is 0.339 e. The van der Waals surface area contributed by atoms with E-state index in [1.165, 1.54) is 0 Å². The van der Waals surface area contributed by atoms with Gasteiger partial charge in [-0.3, -0.25) is 9.59 Å². The molecule has 1 N–H and O–H groups in total. The third kappa shape index (κ3) is 3.72. The van der Waals surface area contributed by atoms with Crippen molar-refractivity contribution in [1.82, 2.24) is 4.90 Å². The van der Waals surface area contributed by atoms with E-state index in [4.69, 9.17) is 0 Å². The van der Waals surface area contributed by atoms with E-state index >= 15 is 0 Å². The summed E-state index contributed by atoms with van der Waals surface area (Å²) in [6.45, 7) is 1.58. The molecule has 4 nitrogen and oxygen atoms in total. The molecule has 2 aromatic rings. The zero-order chi connectivity index (χ0) is 16.2.